The van der Waals surface area contributed by atoms with Crippen LogP contribution in [-0.2, 0) is 4.79 Å². The number of anilines is 1. The van der Waals surface area contributed by atoms with Crippen LogP contribution < -0.4 is 19.5 Å². The average molecular weight is 363 g/mol. The summed E-state index contributed by atoms with van der Waals surface area (Å²) in [6.07, 6.45) is 3.42. The van der Waals surface area contributed by atoms with Gasteiger partial charge in [-0.1, -0.05) is 0 Å². The van der Waals surface area contributed by atoms with E-state index in [1.54, 1.807) is 12.3 Å². The van der Waals surface area contributed by atoms with Gasteiger partial charge in [0.1, 0.15) is 10.7 Å². The molecule has 1 aliphatic rings. The summed E-state index contributed by atoms with van der Waals surface area (Å²) < 4.78 is 15.6. The summed E-state index contributed by atoms with van der Waals surface area (Å²) in [5, 5.41) is 3.19. The first-order valence-electron chi connectivity index (χ1n) is 7.50. The second-order valence-electron chi connectivity index (χ2n) is 5.15. The lowest BCUT2D eigenvalue weighted by atomic mass is 10.4. The summed E-state index contributed by atoms with van der Waals surface area (Å²) in [7, 11) is 4.42. The van der Waals surface area contributed by atoms with Crippen LogP contribution >= 0.6 is 11.8 Å². The average Bonchev–Trinajstić information content (AvgIpc) is 3.47. The Bertz CT molecular complexity index is 759. The molecule has 2 aromatic rings. The highest BCUT2D eigenvalue weighted by Gasteiger charge is 2.30. The molecule has 1 fully saturated rings. The number of nitrogens with one attached hydrogen (secondary N) is 1. The number of amides is 1. The molecule has 0 unspecified atom stereocenters. The Labute approximate surface area is 148 Å². The Morgan fingerprint density at radius 2 is 1.80 bits per heavy atom. The molecule has 0 bridgehead atoms. The van der Waals surface area contributed by atoms with Crippen LogP contribution in [0.5, 0.6) is 17.8 Å². The van der Waals surface area contributed by atoms with Crippen molar-refractivity contribution < 1.29 is 19.0 Å². The summed E-state index contributed by atoms with van der Waals surface area (Å²) in [5.74, 6) is 1.09. The minimum absolute atomic E-state index is 0.0161. The highest BCUT2D eigenvalue weighted by molar-refractivity contribution is 7.99. The standard InChI is InChI=1S/C15H17N5O4S/c1-22-12-10(13(23-2)20-14(19-12)24-3)25-15-16-7-6-9(18-15)17-11(21)8-4-5-8/h6-8H,4-5H2,1-3H3,(H,16,17,18,21). The molecule has 132 valence electrons. The van der Waals surface area contributed by atoms with Crippen molar-refractivity contribution in [2.75, 3.05) is 26.6 Å². The molecule has 0 atom stereocenters. The van der Waals surface area contributed by atoms with Gasteiger partial charge in [-0.2, -0.15) is 9.97 Å². The molecule has 0 radical (unpaired) electrons. The molecule has 0 saturated heterocycles. The zero-order valence-electron chi connectivity index (χ0n) is 14.0. The fourth-order valence-corrected chi connectivity index (χ4v) is 2.84. The van der Waals surface area contributed by atoms with Crippen LogP contribution in [0.3, 0.4) is 0 Å². The van der Waals surface area contributed by atoms with Gasteiger partial charge in [-0.15, -0.1) is 0 Å². The topological polar surface area (TPSA) is 108 Å². The fourth-order valence-electron chi connectivity index (χ4n) is 1.97. The molecule has 9 nitrogen and oxygen atoms in total. The number of methoxy groups -OCH3 is 3. The van der Waals surface area contributed by atoms with Gasteiger partial charge in [-0.3, -0.25) is 4.79 Å². The van der Waals surface area contributed by atoms with Crippen LogP contribution in [0.15, 0.2) is 22.3 Å². The number of hydrogen-bond acceptors (Lipinski definition) is 9. The molecule has 25 heavy (non-hydrogen) atoms. The quantitative estimate of drug-likeness (QED) is 0.736. The minimum Gasteiger partial charge on any atom is -0.480 e. The van der Waals surface area contributed by atoms with Gasteiger partial charge in [0.15, 0.2) is 5.16 Å². The lowest BCUT2D eigenvalue weighted by Gasteiger charge is -2.11. The van der Waals surface area contributed by atoms with E-state index < -0.39 is 0 Å². The summed E-state index contributed by atoms with van der Waals surface area (Å²) in [5.41, 5.74) is 0. The number of nitrogens with zero attached hydrogens (tertiary/aromatic N) is 4. The second kappa shape index (κ2) is 7.51. The molecule has 0 aromatic carbocycles. The van der Waals surface area contributed by atoms with Gasteiger partial charge in [0.25, 0.3) is 0 Å². The number of hydrogen-bond donors (Lipinski definition) is 1. The van der Waals surface area contributed by atoms with E-state index in [2.05, 4.69) is 25.3 Å². The van der Waals surface area contributed by atoms with E-state index in [0.717, 1.165) is 12.8 Å². The van der Waals surface area contributed by atoms with Crippen molar-refractivity contribution >= 4 is 23.5 Å². The molecule has 0 aliphatic heterocycles. The molecule has 1 N–H and O–H groups in total. The predicted octanol–water partition coefficient (Wildman–Crippen LogP) is 1.79. The molecular weight excluding hydrogens is 346 g/mol. The summed E-state index contributed by atoms with van der Waals surface area (Å²) >= 11 is 1.17. The molecule has 2 heterocycles. The summed E-state index contributed by atoms with van der Waals surface area (Å²) in [6, 6.07) is 1.77. The first kappa shape index (κ1) is 17.2. The van der Waals surface area contributed by atoms with E-state index >= 15 is 0 Å². The molecule has 1 amide bonds. The Morgan fingerprint density at radius 3 is 2.36 bits per heavy atom. The maximum absolute atomic E-state index is 11.9. The first-order chi connectivity index (χ1) is 12.1. The van der Waals surface area contributed by atoms with Crippen LogP contribution in [0.1, 0.15) is 12.8 Å². The fraction of sp³-hybridized carbons (Fsp3) is 0.400. The zero-order chi connectivity index (χ0) is 17.8. The molecular formula is C15H17N5O4S. The van der Waals surface area contributed by atoms with E-state index in [0.29, 0.717) is 15.9 Å². The summed E-state index contributed by atoms with van der Waals surface area (Å²) in [4.78, 5) is 29.2. The van der Waals surface area contributed by atoms with Crippen LogP contribution in [0.2, 0.25) is 0 Å². The summed E-state index contributed by atoms with van der Waals surface area (Å²) in [6.45, 7) is 0. The third-order valence-electron chi connectivity index (χ3n) is 3.38. The van der Waals surface area contributed by atoms with Crippen molar-refractivity contribution in [3.8, 4) is 17.8 Å². The van der Waals surface area contributed by atoms with Crippen LogP contribution in [0.25, 0.3) is 0 Å². The van der Waals surface area contributed by atoms with Crippen molar-refractivity contribution in [3.05, 3.63) is 12.3 Å². The number of carbonyl (C=O) groups excluding carboxylic acids is 1. The van der Waals surface area contributed by atoms with Gasteiger partial charge < -0.3 is 19.5 Å². The van der Waals surface area contributed by atoms with E-state index in [9.17, 15) is 4.79 Å². The molecule has 10 heteroatoms. The Hall–Kier alpha value is -2.62. The monoisotopic (exact) mass is 363 g/mol. The normalized spacial score (nSPS) is 13.2. The van der Waals surface area contributed by atoms with Gasteiger partial charge in [-0.25, -0.2) is 9.97 Å². The SMILES string of the molecule is COc1nc(OC)c(Sc2nccc(NC(=O)C3CC3)n2)c(OC)n1. The van der Waals surface area contributed by atoms with Crippen molar-refractivity contribution in [3.63, 3.8) is 0 Å². The lowest BCUT2D eigenvalue weighted by molar-refractivity contribution is -0.117. The highest BCUT2D eigenvalue weighted by Crippen LogP contribution is 2.39. The maximum Gasteiger partial charge on any atom is 0.322 e. The van der Waals surface area contributed by atoms with Crippen LogP contribution in [0, 0.1) is 5.92 Å². The molecule has 1 saturated carbocycles. The molecule has 0 spiro atoms. The van der Waals surface area contributed by atoms with Crippen LogP contribution in [0.4, 0.5) is 5.82 Å². The minimum atomic E-state index is -0.0161. The zero-order valence-corrected chi connectivity index (χ0v) is 14.8. The van der Waals surface area contributed by atoms with Crippen molar-refractivity contribution in [2.45, 2.75) is 22.9 Å². The van der Waals surface area contributed by atoms with E-state index in [1.807, 2.05) is 0 Å². The first-order valence-corrected chi connectivity index (χ1v) is 8.32. The number of rotatable bonds is 7. The Balaban J connectivity index is 1.85. The van der Waals surface area contributed by atoms with Gasteiger partial charge in [0.05, 0.1) is 21.3 Å². The van der Waals surface area contributed by atoms with Crippen molar-refractivity contribution in [2.24, 2.45) is 5.92 Å². The lowest BCUT2D eigenvalue weighted by Crippen LogP contribution is -2.14. The Kier molecular flexibility index (Phi) is 5.17. The highest BCUT2D eigenvalue weighted by atomic mass is 32.2. The largest absolute Gasteiger partial charge is 0.480 e. The number of aromatic nitrogens is 4. The second-order valence-corrected chi connectivity index (χ2v) is 6.13. The van der Waals surface area contributed by atoms with E-state index in [1.165, 1.54) is 33.1 Å². The van der Waals surface area contributed by atoms with Gasteiger partial charge in [0.2, 0.25) is 17.7 Å². The van der Waals surface area contributed by atoms with E-state index in [-0.39, 0.29) is 29.6 Å². The van der Waals surface area contributed by atoms with Gasteiger partial charge >= 0.3 is 6.01 Å². The predicted molar refractivity (Wildman–Crippen MR) is 89.2 cm³/mol. The number of carbonyl (C=O) groups is 1. The third-order valence-corrected chi connectivity index (χ3v) is 4.31. The Morgan fingerprint density at radius 1 is 1.12 bits per heavy atom. The van der Waals surface area contributed by atoms with Crippen molar-refractivity contribution in [1.29, 1.82) is 0 Å². The molecule has 3 rings (SSSR count). The maximum atomic E-state index is 11.9. The third kappa shape index (κ3) is 4.08. The molecule has 1 aliphatic carbocycles. The molecule has 2 aromatic heterocycles. The van der Waals surface area contributed by atoms with Gasteiger partial charge in [0, 0.05) is 12.1 Å². The number of ether oxygens (including phenoxy) is 3. The smallest absolute Gasteiger partial charge is 0.322 e. The van der Waals surface area contributed by atoms with Gasteiger partial charge in [-0.05, 0) is 30.7 Å². The van der Waals surface area contributed by atoms with Crippen molar-refractivity contribution in [1.82, 2.24) is 19.9 Å². The van der Waals surface area contributed by atoms with E-state index in [4.69, 9.17) is 14.2 Å². The van der Waals surface area contributed by atoms with Crippen LogP contribution in [-0.4, -0.2) is 47.2 Å².